The number of H-pyrrole nitrogens is 1. The summed E-state index contributed by atoms with van der Waals surface area (Å²) in [5.41, 5.74) is 1.82. The van der Waals surface area contributed by atoms with Gasteiger partial charge in [0.25, 0.3) is 5.69 Å². The zero-order valence-corrected chi connectivity index (χ0v) is 11.5. The SMILES string of the molecule is O=[N+]([O-])c1ccc2cn[nH]c2c1.c1ccc2ncccc2c1. The Bertz CT molecular complexity index is 868. The van der Waals surface area contributed by atoms with E-state index in [1.807, 2.05) is 30.5 Å². The number of nitro groups is 1. The summed E-state index contributed by atoms with van der Waals surface area (Å²) < 4.78 is 0. The second-order valence-electron chi connectivity index (χ2n) is 4.59. The zero-order chi connectivity index (χ0) is 15.4. The number of pyridine rings is 1. The maximum atomic E-state index is 10.3. The average Bonchev–Trinajstić information content (AvgIpc) is 3.03. The van der Waals surface area contributed by atoms with Gasteiger partial charge < -0.3 is 0 Å². The minimum absolute atomic E-state index is 0.0757. The van der Waals surface area contributed by atoms with Crippen LogP contribution >= 0.6 is 0 Å². The third kappa shape index (κ3) is 2.90. The van der Waals surface area contributed by atoms with Gasteiger partial charge in [-0.05, 0) is 18.2 Å². The van der Waals surface area contributed by atoms with Crippen LogP contribution in [0.2, 0.25) is 0 Å². The number of hydrogen-bond donors (Lipinski definition) is 1. The molecular formula is C16H12N4O2. The van der Waals surface area contributed by atoms with Gasteiger partial charge >= 0.3 is 0 Å². The highest BCUT2D eigenvalue weighted by Gasteiger charge is 2.05. The van der Waals surface area contributed by atoms with Crippen molar-refractivity contribution in [3.8, 4) is 0 Å². The Balaban J connectivity index is 0.000000133. The van der Waals surface area contributed by atoms with Crippen molar-refractivity contribution in [3.63, 3.8) is 0 Å². The molecule has 6 heteroatoms. The van der Waals surface area contributed by atoms with Crippen molar-refractivity contribution in [2.45, 2.75) is 0 Å². The molecule has 0 saturated carbocycles. The largest absolute Gasteiger partial charge is 0.278 e. The molecule has 0 saturated heterocycles. The number of benzene rings is 2. The van der Waals surface area contributed by atoms with E-state index in [4.69, 9.17) is 0 Å². The van der Waals surface area contributed by atoms with E-state index in [0.29, 0.717) is 5.52 Å². The Morgan fingerprint density at radius 3 is 2.64 bits per heavy atom. The zero-order valence-electron chi connectivity index (χ0n) is 11.5. The van der Waals surface area contributed by atoms with Crippen LogP contribution in [0.1, 0.15) is 0 Å². The predicted octanol–water partition coefficient (Wildman–Crippen LogP) is 3.71. The van der Waals surface area contributed by atoms with Crippen LogP contribution < -0.4 is 0 Å². The number of hydrogen-bond acceptors (Lipinski definition) is 4. The van der Waals surface area contributed by atoms with E-state index in [2.05, 4.69) is 27.3 Å². The first-order chi connectivity index (χ1) is 10.7. The van der Waals surface area contributed by atoms with Crippen molar-refractivity contribution < 1.29 is 4.92 Å². The Morgan fingerprint density at radius 1 is 1.00 bits per heavy atom. The number of fused-ring (bicyclic) bond motifs is 2. The molecule has 1 N–H and O–H groups in total. The van der Waals surface area contributed by atoms with E-state index in [9.17, 15) is 10.1 Å². The molecule has 2 aromatic carbocycles. The summed E-state index contributed by atoms with van der Waals surface area (Å²) in [5.74, 6) is 0. The van der Waals surface area contributed by atoms with Crippen LogP contribution in [0, 0.1) is 10.1 Å². The third-order valence-electron chi connectivity index (χ3n) is 3.15. The number of aromatic nitrogens is 3. The Kier molecular flexibility index (Phi) is 3.74. The molecule has 0 aliphatic heterocycles. The summed E-state index contributed by atoms with van der Waals surface area (Å²) in [6.07, 6.45) is 3.43. The normalized spacial score (nSPS) is 10.2. The van der Waals surface area contributed by atoms with Gasteiger partial charge in [-0.3, -0.25) is 20.2 Å². The van der Waals surface area contributed by atoms with Crippen LogP contribution in [0.5, 0.6) is 0 Å². The first-order valence-electron chi connectivity index (χ1n) is 6.61. The van der Waals surface area contributed by atoms with E-state index in [-0.39, 0.29) is 5.69 Å². The maximum Gasteiger partial charge on any atom is 0.271 e. The molecule has 108 valence electrons. The van der Waals surface area contributed by atoms with Crippen molar-refractivity contribution >= 4 is 27.5 Å². The van der Waals surface area contributed by atoms with Crippen LogP contribution in [0.25, 0.3) is 21.8 Å². The van der Waals surface area contributed by atoms with E-state index in [0.717, 1.165) is 10.9 Å². The van der Waals surface area contributed by atoms with Gasteiger partial charge in [0.2, 0.25) is 0 Å². The number of rotatable bonds is 1. The van der Waals surface area contributed by atoms with Gasteiger partial charge in [-0.2, -0.15) is 5.10 Å². The summed E-state index contributed by atoms with van der Waals surface area (Å²) in [7, 11) is 0. The van der Waals surface area contributed by atoms with E-state index < -0.39 is 4.92 Å². The summed E-state index contributed by atoms with van der Waals surface area (Å²) in [6, 6.07) is 16.7. The van der Waals surface area contributed by atoms with Crippen molar-refractivity contribution in [1.29, 1.82) is 0 Å². The molecule has 0 amide bonds. The van der Waals surface area contributed by atoms with Crippen LogP contribution in [-0.4, -0.2) is 20.1 Å². The van der Waals surface area contributed by atoms with Gasteiger partial charge in [-0.15, -0.1) is 0 Å². The molecule has 0 fully saturated rings. The summed E-state index contributed by atoms with van der Waals surface area (Å²) in [4.78, 5) is 14.1. The Labute approximate surface area is 125 Å². The lowest BCUT2D eigenvalue weighted by atomic mass is 10.2. The fraction of sp³-hybridized carbons (Fsp3) is 0. The van der Waals surface area contributed by atoms with Crippen LogP contribution in [0.4, 0.5) is 5.69 Å². The Hall–Kier alpha value is -3.28. The highest BCUT2D eigenvalue weighted by molar-refractivity contribution is 5.80. The van der Waals surface area contributed by atoms with Gasteiger partial charge in [0.05, 0.1) is 22.2 Å². The quantitative estimate of drug-likeness (QED) is 0.428. The number of nitro benzene ring substituents is 1. The summed E-state index contributed by atoms with van der Waals surface area (Å²) in [6.45, 7) is 0. The van der Waals surface area contributed by atoms with Crippen LogP contribution in [0.15, 0.2) is 67.0 Å². The molecule has 22 heavy (non-hydrogen) atoms. The minimum atomic E-state index is -0.430. The lowest BCUT2D eigenvalue weighted by Gasteiger charge is -1.91. The first kappa shape index (κ1) is 13.7. The molecule has 0 atom stereocenters. The number of non-ortho nitro benzene ring substituents is 1. The summed E-state index contributed by atoms with van der Waals surface area (Å²) in [5, 5.41) is 18.8. The minimum Gasteiger partial charge on any atom is -0.278 e. The van der Waals surface area contributed by atoms with Gasteiger partial charge in [0, 0.05) is 29.1 Å². The monoisotopic (exact) mass is 292 g/mol. The molecule has 0 aliphatic carbocycles. The lowest BCUT2D eigenvalue weighted by Crippen LogP contribution is -1.86. The molecular weight excluding hydrogens is 280 g/mol. The number of nitrogens with one attached hydrogen (secondary N) is 1. The lowest BCUT2D eigenvalue weighted by molar-refractivity contribution is -0.384. The molecule has 2 heterocycles. The summed E-state index contributed by atoms with van der Waals surface area (Å²) >= 11 is 0. The number of aromatic amines is 1. The molecule has 2 aromatic heterocycles. The second-order valence-corrected chi connectivity index (χ2v) is 4.59. The topological polar surface area (TPSA) is 84.7 Å². The number of para-hydroxylation sites is 1. The van der Waals surface area contributed by atoms with Gasteiger partial charge in [0.1, 0.15) is 0 Å². The molecule has 0 bridgehead atoms. The standard InChI is InChI=1S/C9H7N.C7H5N3O2/c1-2-6-9-8(4-1)5-3-7-10-9;11-10(12)6-2-1-5-4-8-9-7(5)3-6/h1-7H;1-4H,(H,8,9). The maximum absolute atomic E-state index is 10.3. The average molecular weight is 292 g/mol. The fourth-order valence-electron chi connectivity index (χ4n) is 2.05. The molecule has 4 rings (SSSR count). The first-order valence-corrected chi connectivity index (χ1v) is 6.61. The number of nitrogens with zero attached hydrogens (tertiary/aromatic N) is 3. The third-order valence-corrected chi connectivity index (χ3v) is 3.15. The van der Waals surface area contributed by atoms with Gasteiger partial charge in [-0.25, -0.2) is 0 Å². The van der Waals surface area contributed by atoms with Crippen molar-refractivity contribution in [3.05, 3.63) is 77.1 Å². The van der Waals surface area contributed by atoms with Crippen LogP contribution in [0.3, 0.4) is 0 Å². The molecule has 0 radical (unpaired) electrons. The van der Waals surface area contributed by atoms with E-state index in [1.54, 1.807) is 12.3 Å². The Morgan fingerprint density at radius 2 is 1.82 bits per heavy atom. The second kappa shape index (κ2) is 6.01. The molecule has 4 aromatic rings. The van der Waals surface area contributed by atoms with Crippen molar-refractivity contribution in [1.82, 2.24) is 15.2 Å². The molecule has 0 spiro atoms. The molecule has 6 nitrogen and oxygen atoms in total. The smallest absolute Gasteiger partial charge is 0.271 e. The predicted molar refractivity (Wildman–Crippen MR) is 84.5 cm³/mol. The fourth-order valence-corrected chi connectivity index (χ4v) is 2.05. The van der Waals surface area contributed by atoms with E-state index in [1.165, 1.54) is 17.5 Å². The highest BCUT2D eigenvalue weighted by atomic mass is 16.6. The van der Waals surface area contributed by atoms with E-state index >= 15 is 0 Å². The molecule has 0 unspecified atom stereocenters. The van der Waals surface area contributed by atoms with Crippen LogP contribution in [-0.2, 0) is 0 Å². The van der Waals surface area contributed by atoms with Crippen molar-refractivity contribution in [2.75, 3.05) is 0 Å². The molecule has 0 aliphatic rings. The van der Waals surface area contributed by atoms with Gasteiger partial charge in [-0.1, -0.05) is 24.3 Å². The van der Waals surface area contributed by atoms with Gasteiger partial charge in [0.15, 0.2) is 0 Å². The highest BCUT2D eigenvalue weighted by Crippen LogP contribution is 2.17. The van der Waals surface area contributed by atoms with Crippen molar-refractivity contribution in [2.24, 2.45) is 0 Å².